The molecule has 19 nitrogen and oxygen atoms in total. The molecule has 3 heterocycles. The van der Waals surface area contributed by atoms with E-state index in [-0.39, 0.29) is 49.4 Å². The fourth-order valence-corrected chi connectivity index (χ4v) is 8.57. The van der Waals surface area contributed by atoms with Crippen molar-refractivity contribution in [1.82, 2.24) is 0 Å². The van der Waals surface area contributed by atoms with Crippen molar-refractivity contribution < 1.29 is 42.7 Å². The van der Waals surface area contributed by atoms with Crippen LogP contribution in [0.3, 0.4) is 0 Å². The van der Waals surface area contributed by atoms with Crippen molar-refractivity contribution in [1.29, 1.82) is 0 Å². The molecule has 0 amide bonds. The van der Waals surface area contributed by atoms with Crippen molar-refractivity contribution in [3.63, 3.8) is 0 Å². The van der Waals surface area contributed by atoms with E-state index in [2.05, 4.69) is 43.9 Å². The Morgan fingerprint density at radius 2 is 1.15 bits per heavy atom. The molecule has 2 aromatic carbocycles. The van der Waals surface area contributed by atoms with Crippen molar-refractivity contribution in [2.45, 2.75) is 153 Å². The molecule has 324 valence electrons. The van der Waals surface area contributed by atoms with Crippen molar-refractivity contribution >= 4 is 6.29 Å². The van der Waals surface area contributed by atoms with Gasteiger partial charge in [-0.15, -0.1) is 0 Å². The van der Waals surface area contributed by atoms with E-state index in [1.807, 2.05) is 88.4 Å². The molecule has 6 rings (SSSR count). The summed E-state index contributed by atoms with van der Waals surface area (Å²) in [5.41, 5.74) is 37.7. The van der Waals surface area contributed by atoms with Gasteiger partial charge in [0, 0.05) is 14.7 Å². The molecule has 19 atom stereocenters. The number of hydrogen-bond donors (Lipinski definition) is 1. The Balaban J connectivity index is 1.40. The third-order valence-electron chi connectivity index (χ3n) is 12.8. The third-order valence-corrected chi connectivity index (χ3v) is 12.8. The highest BCUT2D eigenvalue weighted by molar-refractivity contribution is 5.57. The number of carbonyl (C=O) groups excluding carboxylic acids is 1. The minimum Gasteiger partial charge on any atom is -0.370 e. The van der Waals surface area contributed by atoms with Gasteiger partial charge < -0.3 is 48.4 Å². The second-order valence-corrected chi connectivity index (χ2v) is 16.3. The second-order valence-electron chi connectivity index (χ2n) is 16.3. The van der Waals surface area contributed by atoms with Gasteiger partial charge in [0.25, 0.3) is 0 Å². The van der Waals surface area contributed by atoms with E-state index < -0.39 is 85.8 Å². The molecule has 19 unspecified atom stereocenters. The SMILES string of the molecule is CC1OC(OC2C(C)OC(OC3C(OCc4ccccc4)C(N=[N+]=[N-])CC(N=[N+]=[N-])C3OC3OC(C=O)C(C)C(C)C3N=[N+]=[N-])C2OCc2ccccc2)C(N)C(C)C1C. The van der Waals surface area contributed by atoms with E-state index in [0.717, 1.165) is 11.1 Å². The summed E-state index contributed by atoms with van der Waals surface area (Å²) in [6, 6.07) is 15.7. The fourth-order valence-electron chi connectivity index (χ4n) is 8.57. The average molecular weight is 833 g/mol. The standard InChI is InChI=1S/C41H56N10O9/c1-21-23(3)32(42)39(55-25(21)5)58-34-26(6)56-41(38(34)54-20-28-15-11-8-12-16-28)60-37-35(53-19-27-13-9-7-10-14-27)29(46-49-43)17-30(47-50-44)36(37)59-40-33(48-51-45)24(4)22(2)31(18-52)57-40/h7-16,18,21-26,29-41H,17,19-20,42H2,1-6H3. The molecule has 60 heavy (non-hydrogen) atoms. The Hall–Kier alpha value is -4.32. The van der Waals surface area contributed by atoms with E-state index in [9.17, 15) is 21.4 Å². The minimum absolute atomic E-state index is 0.00658. The highest BCUT2D eigenvalue weighted by Gasteiger charge is 2.55. The van der Waals surface area contributed by atoms with Crippen molar-refractivity contribution in [3.05, 3.63) is 103 Å². The molecule has 0 radical (unpaired) electrons. The highest BCUT2D eigenvalue weighted by Crippen LogP contribution is 2.41. The summed E-state index contributed by atoms with van der Waals surface area (Å²) in [6.07, 6.45) is -9.25. The van der Waals surface area contributed by atoms with Crippen molar-refractivity contribution in [3.8, 4) is 0 Å². The van der Waals surface area contributed by atoms with Crippen LogP contribution in [0.5, 0.6) is 0 Å². The van der Waals surface area contributed by atoms with Gasteiger partial charge in [-0.25, -0.2) is 0 Å². The van der Waals surface area contributed by atoms with Gasteiger partial charge in [0.15, 0.2) is 18.9 Å². The topological polar surface area (TPSA) is 263 Å². The Morgan fingerprint density at radius 3 is 1.73 bits per heavy atom. The second kappa shape index (κ2) is 21.0. The van der Waals surface area contributed by atoms with Gasteiger partial charge >= 0.3 is 0 Å². The third kappa shape index (κ3) is 10.2. The molecule has 1 saturated carbocycles. The van der Waals surface area contributed by atoms with E-state index in [0.29, 0.717) is 6.29 Å². The Kier molecular flexibility index (Phi) is 15.8. The molecule has 19 heteroatoms. The van der Waals surface area contributed by atoms with Crippen LogP contribution in [-0.4, -0.2) is 98.2 Å². The number of nitrogens with zero attached hydrogens (tertiary/aromatic N) is 9. The zero-order chi connectivity index (χ0) is 42.9. The van der Waals surface area contributed by atoms with Gasteiger partial charge in [-0.1, -0.05) is 104 Å². The molecular weight excluding hydrogens is 777 g/mol. The van der Waals surface area contributed by atoms with Gasteiger partial charge in [0.05, 0.1) is 61.8 Å². The number of carbonyl (C=O) groups is 1. The number of aldehydes is 1. The van der Waals surface area contributed by atoms with Gasteiger partial charge in [-0.2, -0.15) is 0 Å². The van der Waals surface area contributed by atoms with Crippen LogP contribution < -0.4 is 5.73 Å². The van der Waals surface area contributed by atoms with Crippen molar-refractivity contribution in [2.24, 2.45) is 44.7 Å². The van der Waals surface area contributed by atoms with E-state index >= 15 is 0 Å². The maximum absolute atomic E-state index is 12.2. The van der Waals surface area contributed by atoms with Gasteiger partial charge in [0.2, 0.25) is 0 Å². The lowest BCUT2D eigenvalue weighted by atomic mass is 9.82. The summed E-state index contributed by atoms with van der Waals surface area (Å²) in [5, 5.41) is 12.2. The van der Waals surface area contributed by atoms with E-state index in [1.54, 1.807) is 0 Å². The van der Waals surface area contributed by atoms with E-state index in [4.69, 9.17) is 43.6 Å². The highest BCUT2D eigenvalue weighted by atomic mass is 16.8. The Morgan fingerprint density at radius 1 is 0.617 bits per heavy atom. The van der Waals surface area contributed by atoms with Crippen molar-refractivity contribution in [2.75, 3.05) is 0 Å². The monoisotopic (exact) mass is 832 g/mol. The molecule has 1 aliphatic carbocycles. The van der Waals surface area contributed by atoms with Crippen LogP contribution in [0.1, 0.15) is 59.1 Å². The largest absolute Gasteiger partial charge is 0.370 e. The number of benzene rings is 2. The molecule has 4 fully saturated rings. The van der Waals surface area contributed by atoms with Crippen LogP contribution in [0.15, 0.2) is 76.0 Å². The van der Waals surface area contributed by atoms with Crippen LogP contribution in [-0.2, 0) is 55.9 Å². The zero-order valence-corrected chi connectivity index (χ0v) is 34.7. The smallest absolute Gasteiger partial charge is 0.187 e. The predicted octanol–water partition coefficient (Wildman–Crippen LogP) is 7.04. The number of nitrogens with two attached hydrogens (primary N) is 1. The fraction of sp³-hybridized carbons (Fsp3) is 0.683. The zero-order valence-electron chi connectivity index (χ0n) is 34.7. The minimum atomic E-state index is -1.28. The van der Waals surface area contributed by atoms with Crippen LogP contribution in [0.25, 0.3) is 31.3 Å². The molecule has 2 aromatic rings. The van der Waals surface area contributed by atoms with Gasteiger partial charge in [-0.05, 0) is 71.7 Å². The summed E-state index contributed by atoms with van der Waals surface area (Å²) in [6.45, 7) is 11.9. The number of rotatable bonds is 16. The van der Waals surface area contributed by atoms with Crippen LogP contribution in [0, 0.1) is 23.7 Å². The summed E-state index contributed by atoms with van der Waals surface area (Å²) < 4.78 is 52.7. The molecule has 0 aromatic heterocycles. The summed E-state index contributed by atoms with van der Waals surface area (Å²) in [7, 11) is 0. The molecule has 0 bridgehead atoms. The summed E-state index contributed by atoms with van der Waals surface area (Å²) in [5.74, 6) is -0.386. The number of azide groups is 3. The Labute approximate surface area is 349 Å². The normalized spacial score (nSPS) is 40.4. The van der Waals surface area contributed by atoms with Crippen LogP contribution in [0.2, 0.25) is 0 Å². The molecule has 0 spiro atoms. The molecule has 3 aliphatic heterocycles. The maximum Gasteiger partial charge on any atom is 0.187 e. The van der Waals surface area contributed by atoms with Gasteiger partial charge in [-0.3, -0.25) is 0 Å². The predicted molar refractivity (Wildman–Crippen MR) is 216 cm³/mol. The maximum atomic E-state index is 12.2. The Bertz CT molecular complexity index is 1850. The molecule has 2 N–H and O–H groups in total. The summed E-state index contributed by atoms with van der Waals surface area (Å²) in [4.78, 5) is 21.6. The lowest BCUT2D eigenvalue weighted by molar-refractivity contribution is -0.299. The lowest BCUT2D eigenvalue weighted by Gasteiger charge is -2.48. The first kappa shape index (κ1) is 45.2. The lowest BCUT2D eigenvalue weighted by Crippen LogP contribution is -2.62. The summed E-state index contributed by atoms with van der Waals surface area (Å²) >= 11 is 0. The average Bonchev–Trinajstić information content (AvgIpc) is 3.54. The molecular formula is C41H56N10O9. The first-order valence-corrected chi connectivity index (χ1v) is 20.6. The first-order chi connectivity index (χ1) is 29.0. The van der Waals surface area contributed by atoms with Crippen LogP contribution in [0.4, 0.5) is 0 Å². The molecule has 4 aliphatic rings. The first-order valence-electron chi connectivity index (χ1n) is 20.6. The van der Waals surface area contributed by atoms with Crippen LogP contribution >= 0.6 is 0 Å². The molecule has 3 saturated heterocycles. The van der Waals surface area contributed by atoms with Gasteiger partial charge in [0.1, 0.15) is 30.7 Å². The number of hydrogen-bond acceptors (Lipinski definition) is 13. The number of ether oxygens (including phenoxy) is 8. The quantitative estimate of drug-likeness (QED) is 0.0780. The van der Waals surface area contributed by atoms with E-state index in [1.165, 1.54) is 0 Å².